The number of aliphatic hydroxyl groups is 1. The van der Waals surface area contributed by atoms with Crippen LogP contribution in [0.5, 0.6) is 5.75 Å². The molecule has 4 nitrogen and oxygen atoms in total. The van der Waals surface area contributed by atoms with Gasteiger partial charge >= 0.3 is 5.97 Å². The molecule has 122 valence electrons. The fraction of sp³-hybridized carbons (Fsp3) is 0.500. The maximum Gasteiger partial charge on any atom is 0.330 e. The summed E-state index contributed by atoms with van der Waals surface area (Å²) in [5.41, 5.74) is 0.932. The molecule has 0 aliphatic heterocycles. The first-order chi connectivity index (χ1) is 10.8. The summed E-state index contributed by atoms with van der Waals surface area (Å²) in [7, 11) is 1.36. The van der Waals surface area contributed by atoms with E-state index >= 15 is 0 Å². The fourth-order valence-electron chi connectivity index (χ4n) is 2.02. The number of carbonyl (C=O) groups is 1. The van der Waals surface area contributed by atoms with Crippen molar-refractivity contribution in [3.8, 4) is 5.75 Å². The van der Waals surface area contributed by atoms with Crippen molar-refractivity contribution in [3.05, 3.63) is 35.9 Å². The summed E-state index contributed by atoms with van der Waals surface area (Å²) < 4.78 is 10.2. The number of ether oxygens (including phenoxy) is 2. The van der Waals surface area contributed by atoms with Crippen LogP contribution in [0.1, 0.15) is 44.1 Å². The van der Waals surface area contributed by atoms with Gasteiger partial charge in [0.25, 0.3) is 0 Å². The third-order valence-electron chi connectivity index (χ3n) is 3.31. The zero-order valence-corrected chi connectivity index (χ0v) is 13.3. The van der Waals surface area contributed by atoms with E-state index in [1.165, 1.54) is 26.0 Å². The van der Waals surface area contributed by atoms with E-state index in [1.807, 2.05) is 24.3 Å². The molecule has 22 heavy (non-hydrogen) atoms. The smallest absolute Gasteiger partial charge is 0.330 e. The first-order valence-electron chi connectivity index (χ1n) is 7.86. The van der Waals surface area contributed by atoms with E-state index in [2.05, 4.69) is 4.74 Å². The van der Waals surface area contributed by atoms with Crippen LogP contribution in [0.4, 0.5) is 0 Å². The highest BCUT2D eigenvalue weighted by molar-refractivity contribution is 5.86. The average molecular weight is 306 g/mol. The van der Waals surface area contributed by atoms with Gasteiger partial charge in [0.15, 0.2) is 0 Å². The minimum atomic E-state index is -0.362. The SMILES string of the molecule is COC(=O)/C=C/c1ccc(OCCCCCCCCO)cc1. The summed E-state index contributed by atoms with van der Waals surface area (Å²) in [4.78, 5) is 11.0. The molecule has 1 aromatic carbocycles. The van der Waals surface area contributed by atoms with Crippen molar-refractivity contribution >= 4 is 12.0 Å². The van der Waals surface area contributed by atoms with E-state index in [0.717, 1.165) is 43.6 Å². The van der Waals surface area contributed by atoms with Gasteiger partial charge in [0, 0.05) is 12.7 Å². The van der Waals surface area contributed by atoms with Crippen molar-refractivity contribution < 1.29 is 19.4 Å². The Morgan fingerprint density at radius 3 is 2.32 bits per heavy atom. The van der Waals surface area contributed by atoms with Crippen LogP contribution in [0.25, 0.3) is 6.08 Å². The molecule has 0 saturated carbocycles. The quantitative estimate of drug-likeness (QED) is 0.386. The first kappa shape index (κ1) is 18.2. The summed E-state index contributed by atoms with van der Waals surface area (Å²) in [5, 5.41) is 8.68. The number of rotatable bonds is 11. The number of carbonyl (C=O) groups excluding carboxylic acids is 1. The maximum atomic E-state index is 11.0. The van der Waals surface area contributed by atoms with Gasteiger partial charge in [-0.3, -0.25) is 0 Å². The van der Waals surface area contributed by atoms with Gasteiger partial charge < -0.3 is 14.6 Å². The van der Waals surface area contributed by atoms with Crippen molar-refractivity contribution in [1.82, 2.24) is 0 Å². The van der Waals surface area contributed by atoms with E-state index < -0.39 is 0 Å². The lowest BCUT2D eigenvalue weighted by Gasteiger charge is -2.06. The van der Waals surface area contributed by atoms with Crippen molar-refractivity contribution in [3.63, 3.8) is 0 Å². The molecule has 0 aromatic heterocycles. The van der Waals surface area contributed by atoms with E-state index in [-0.39, 0.29) is 5.97 Å². The Balaban J connectivity index is 2.16. The molecule has 0 bridgehead atoms. The molecular formula is C18H26O4. The average Bonchev–Trinajstić information content (AvgIpc) is 2.56. The Hall–Kier alpha value is -1.81. The molecule has 0 aliphatic carbocycles. The summed E-state index contributed by atoms with van der Waals surface area (Å²) in [6.45, 7) is 1.02. The second-order valence-corrected chi connectivity index (χ2v) is 5.12. The lowest BCUT2D eigenvalue weighted by atomic mass is 10.1. The lowest BCUT2D eigenvalue weighted by molar-refractivity contribution is -0.134. The van der Waals surface area contributed by atoms with Crippen LogP contribution in [0.15, 0.2) is 30.3 Å². The van der Waals surface area contributed by atoms with Gasteiger partial charge in [-0.25, -0.2) is 4.79 Å². The standard InChI is InChI=1S/C18H26O4/c1-21-18(20)13-10-16-8-11-17(12-9-16)22-15-7-5-3-2-4-6-14-19/h8-13,19H,2-7,14-15H2,1H3/b13-10+. The highest BCUT2D eigenvalue weighted by atomic mass is 16.5. The van der Waals surface area contributed by atoms with Crippen molar-refractivity contribution in [1.29, 1.82) is 0 Å². The minimum absolute atomic E-state index is 0.300. The fourth-order valence-corrected chi connectivity index (χ4v) is 2.02. The van der Waals surface area contributed by atoms with Crippen molar-refractivity contribution in [2.24, 2.45) is 0 Å². The normalized spacial score (nSPS) is 10.8. The molecule has 0 aliphatic rings. The zero-order chi connectivity index (χ0) is 16.0. The first-order valence-corrected chi connectivity index (χ1v) is 7.86. The number of hydrogen-bond acceptors (Lipinski definition) is 4. The summed E-state index contributed by atoms with van der Waals surface area (Å²) in [5.74, 6) is 0.481. The van der Waals surface area contributed by atoms with Gasteiger partial charge in [-0.05, 0) is 36.6 Å². The number of unbranched alkanes of at least 4 members (excludes halogenated alkanes) is 5. The highest BCUT2D eigenvalue weighted by Gasteiger charge is 1.96. The van der Waals surface area contributed by atoms with E-state index in [4.69, 9.17) is 9.84 Å². The molecule has 0 unspecified atom stereocenters. The Labute approximate surface area is 132 Å². The van der Waals surface area contributed by atoms with Gasteiger partial charge in [0.2, 0.25) is 0 Å². The summed E-state index contributed by atoms with van der Waals surface area (Å²) in [6, 6.07) is 7.61. The Morgan fingerprint density at radius 2 is 1.68 bits per heavy atom. The molecule has 0 radical (unpaired) electrons. The predicted octanol–water partition coefficient (Wildman–Crippen LogP) is 3.58. The Morgan fingerprint density at radius 1 is 1.05 bits per heavy atom. The van der Waals surface area contributed by atoms with Crippen LogP contribution in [0.3, 0.4) is 0 Å². The number of methoxy groups -OCH3 is 1. The highest BCUT2D eigenvalue weighted by Crippen LogP contribution is 2.14. The van der Waals surface area contributed by atoms with Crippen LogP contribution >= 0.6 is 0 Å². The molecule has 1 aromatic rings. The molecule has 0 saturated heterocycles. The van der Waals surface area contributed by atoms with Crippen LogP contribution in [0, 0.1) is 0 Å². The van der Waals surface area contributed by atoms with Crippen molar-refractivity contribution in [2.75, 3.05) is 20.3 Å². The van der Waals surface area contributed by atoms with Gasteiger partial charge in [0.05, 0.1) is 13.7 Å². The molecule has 0 atom stereocenters. The van der Waals surface area contributed by atoms with E-state index in [1.54, 1.807) is 6.08 Å². The second kappa shape index (κ2) is 11.8. The summed E-state index contributed by atoms with van der Waals surface area (Å²) in [6.07, 6.45) is 9.71. The number of esters is 1. The van der Waals surface area contributed by atoms with Crippen LogP contribution in [-0.2, 0) is 9.53 Å². The second-order valence-electron chi connectivity index (χ2n) is 5.12. The molecule has 0 heterocycles. The van der Waals surface area contributed by atoms with Gasteiger partial charge in [-0.15, -0.1) is 0 Å². The lowest BCUT2D eigenvalue weighted by Crippen LogP contribution is -1.97. The van der Waals surface area contributed by atoms with Gasteiger partial charge in [-0.2, -0.15) is 0 Å². The zero-order valence-electron chi connectivity index (χ0n) is 13.3. The summed E-state index contributed by atoms with van der Waals surface area (Å²) >= 11 is 0. The Bertz CT molecular complexity index is 437. The van der Waals surface area contributed by atoms with E-state index in [9.17, 15) is 4.79 Å². The number of aliphatic hydroxyl groups excluding tert-OH is 1. The predicted molar refractivity (Wildman–Crippen MR) is 87.8 cm³/mol. The monoisotopic (exact) mass is 306 g/mol. The van der Waals surface area contributed by atoms with Crippen LogP contribution in [0.2, 0.25) is 0 Å². The van der Waals surface area contributed by atoms with Crippen molar-refractivity contribution in [2.45, 2.75) is 38.5 Å². The topological polar surface area (TPSA) is 55.8 Å². The number of hydrogen-bond donors (Lipinski definition) is 1. The largest absolute Gasteiger partial charge is 0.494 e. The molecule has 0 spiro atoms. The molecule has 0 amide bonds. The molecule has 1 N–H and O–H groups in total. The molecule has 0 fully saturated rings. The number of benzene rings is 1. The van der Waals surface area contributed by atoms with Gasteiger partial charge in [-0.1, -0.05) is 37.8 Å². The van der Waals surface area contributed by atoms with E-state index in [0.29, 0.717) is 6.61 Å². The molecular weight excluding hydrogens is 280 g/mol. The maximum absolute atomic E-state index is 11.0. The van der Waals surface area contributed by atoms with Crippen LogP contribution in [-0.4, -0.2) is 31.4 Å². The third kappa shape index (κ3) is 8.47. The Kier molecular flexibility index (Phi) is 9.79. The minimum Gasteiger partial charge on any atom is -0.494 e. The molecule has 1 rings (SSSR count). The van der Waals surface area contributed by atoms with Crippen LogP contribution < -0.4 is 4.74 Å². The third-order valence-corrected chi connectivity index (χ3v) is 3.31. The molecule has 4 heteroatoms. The van der Waals surface area contributed by atoms with Gasteiger partial charge in [0.1, 0.15) is 5.75 Å².